The Morgan fingerprint density at radius 1 is 1.03 bits per heavy atom. The van der Waals surface area contributed by atoms with E-state index in [0.717, 1.165) is 24.0 Å². The number of fused-ring (bicyclic) bond motifs is 3. The van der Waals surface area contributed by atoms with E-state index in [1.807, 2.05) is 19.1 Å². The number of sulfonamides is 1. The monoisotopic (exact) mass is 411 g/mol. The second kappa shape index (κ2) is 6.73. The average molecular weight is 412 g/mol. The zero-order chi connectivity index (χ0) is 21.0. The molecule has 5 nitrogen and oxygen atoms in total. The second-order valence-electron chi connectivity index (χ2n) is 8.72. The van der Waals surface area contributed by atoms with Crippen LogP contribution in [0.4, 0.5) is 5.69 Å². The maximum Gasteiger partial charge on any atom is 0.261 e. The quantitative estimate of drug-likeness (QED) is 0.629. The van der Waals surface area contributed by atoms with Gasteiger partial charge in [-0.25, -0.2) is 8.42 Å². The molecule has 0 spiro atoms. The van der Waals surface area contributed by atoms with E-state index in [2.05, 4.69) is 25.5 Å². The molecule has 0 radical (unpaired) electrons. The number of nitrogens with one attached hydrogen (secondary N) is 1. The molecule has 3 aromatic rings. The average Bonchev–Trinajstić information content (AvgIpc) is 2.99. The van der Waals surface area contributed by atoms with Gasteiger partial charge < -0.3 is 4.42 Å². The smallest absolute Gasteiger partial charge is 0.261 e. The summed E-state index contributed by atoms with van der Waals surface area (Å²) in [4.78, 5) is 12.6. The molecule has 1 heterocycles. The lowest BCUT2D eigenvalue weighted by atomic mass is 9.87. The summed E-state index contributed by atoms with van der Waals surface area (Å²) < 4.78 is 34.4. The molecule has 4 rings (SSSR count). The number of Topliss-reactive ketones (excluding diaryl/α,β-unsaturated/α-hetero) is 1. The lowest BCUT2D eigenvalue weighted by molar-refractivity contribution is 0.0971. The number of carbonyl (C=O) groups excluding carboxylic acids is 1. The first-order chi connectivity index (χ1) is 13.6. The van der Waals surface area contributed by atoms with E-state index in [1.54, 1.807) is 24.3 Å². The summed E-state index contributed by atoms with van der Waals surface area (Å²) in [6.07, 6.45) is 2.02. The highest BCUT2D eigenvalue weighted by Crippen LogP contribution is 2.35. The maximum absolute atomic E-state index is 12.9. The lowest BCUT2D eigenvalue weighted by Gasteiger charge is -2.19. The van der Waals surface area contributed by atoms with Crippen LogP contribution in [0.2, 0.25) is 0 Å². The van der Waals surface area contributed by atoms with Crippen LogP contribution in [0, 0.1) is 6.92 Å². The van der Waals surface area contributed by atoms with Gasteiger partial charge in [0.15, 0.2) is 5.78 Å². The van der Waals surface area contributed by atoms with Gasteiger partial charge in [0.05, 0.1) is 16.1 Å². The number of furan rings is 1. The zero-order valence-electron chi connectivity index (χ0n) is 17.1. The number of aryl methyl sites for hydroxylation is 2. The zero-order valence-corrected chi connectivity index (χ0v) is 17.9. The van der Waals surface area contributed by atoms with E-state index in [9.17, 15) is 13.2 Å². The number of hydrogen-bond donors (Lipinski definition) is 1. The van der Waals surface area contributed by atoms with E-state index in [1.165, 1.54) is 0 Å². The molecule has 0 unspecified atom stereocenters. The molecule has 0 amide bonds. The summed E-state index contributed by atoms with van der Waals surface area (Å²) in [5.41, 5.74) is 3.44. The predicted molar refractivity (Wildman–Crippen MR) is 114 cm³/mol. The number of hydrogen-bond acceptors (Lipinski definition) is 4. The first-order valence-electron chi connectivity index (χ1n) is 9.79. The van der Waals surface area contributed by atoms with Crippen LogP contribution in [-0.4, -0.2) is 14.2 Å². The fraction of sp³-hybridized carbons (Fsp3) is 0.348. The fourth-order valence-electron chi connectivity index (χ4n) is 3.76. The van der Waals surface area contributed by atoms with Gasteiger partial charge in [-0.3, -0.25) is 9.52 Å². The van der Waals surface area contributed by atoms with Gasteiger partial charge in [-0.2, -0.15) is 0 Å². The summed E-state index contributed by atoms with van der Waals surface area (Å²) >= 11 is 0. The minimum absolute atomic E-state index is 0.0513. The van der Waals surface area contributed by atoms with Crippen LogP contribution < -0.4 is 4.72 Å². The molecule has 29 heavy (non-hydrogen) atoms. The highest BCUT2D eigenvalue weighted by atomic mass is 32.2. The third-order valence-corrected chi connectivity index (χ3v) is 6.85. The maximum atomic E-state index is 12.9. The molecule has 6 heteroatoms. The number of anilines is 1. The molecule has 1 aliphatic rings. The van der Waals surface area contributed by atoms with Crippen LogP contribution in [0.5, 0.6) is 0 Å². The van der Waals surface area contributed by atoms with E-state index in [4.69, 9.17) is 4.42 Å². The number of benzene rings is 2. The number of rotatable bonds is 3. The van der Waals surface area contributed by atoms with Gasteiger partial charge in [0.25, 0.3) is 10.0 Å². The second-order valence-corrected chi connectivity index (χ2v) is 10.4. The third kappa shape index (κ3) is 3.57. The van der Waals surface area contributed by atoms with Gasteiger partial charge >= 0.3 is 0 Å². The van der Waals surface area contributed by atoms with Crippen molar-refractivity contribution in [3.63, 3.8) is 0 Å². The summed E-state index contributed by atoms with van der Waals surface area (Å²) in [7, 11) is -3.75. The van der Waals surface area contributed by atoms with Crippen LogP contribution in [0.3, 0.4) is 0 Å². The highest BCUT2D eigenvalue weighted by molar-refractivity contribution is 7.92. The van der Waals surface area contributed by atoms with Gasteiger partial charge in [-0.15, -0.1) is 0 Å². The molecular formula is C23H25NO4S. The van der Waals surface area contributed by atoms with Crippen LogP contribution in [0.25, 0.3) is 11.0 Å². The van der Waals surface area contributed by atoms with Crippen molar-refractivity contribution in [2.24, 2.45) is 0 Å². The molecule has 1 aliphatic carbocycles. The summed E-state index contributed by atoms with van der Waals surface area (Å²) in [6.45, 7) is 8.07. The standard InChI is InChI=1S/C23H25NO4S/c1-14-12-21-17(22-19(25)6-5-7-20(22)28-21)13-18(14)24-29(26,27)16-10-8-15(9-11-16)23(2,3)4/h8-13,24H,5-7H2,1-4H3. The van der Waals surface area contributed by atoms with Crippen molar-refractivity contribution in [2.45, 2.75) is 57.3 Å². The van der Waals surface area contributed by atoms with Gasteiger partial charge in [0.1, 0.15) is 11.3 Å². The van der Waals surface area contributed by atoms with Crippen LogP contribution in [0.1, 0.15) is 60.9 Å². The highest BCUT2D eigenvalue weighted by Gasteiger charge is 2.26. The van der Waals surface area contributed by atoms with Crippen molar-refractivity contribution in [2.75, 3.05) is 4.72 Å². The van der Waals surface area contributed by atoms with E-state index in [-0.39, 0.29) is 16.1 Å². The summed E-state index contributed by atoms with van der Waals surface area (Å²) in [5, 5.41) is 0.677. The summed E-state index contributed by atoms with van der Waals surface area (Å²) in [5.74, 6) is 0.758. The molecule has 0 saturated carbocycles. The fourth-order valence-corrected chi connectivity index (χ4v) is 4.88. The Morgan fingerprint density at radius 2 is 1.72 bits per heavy atom. The van der Waals surface area contributed by atoms with Gasteiger partial charge in [0, 0.05) is 18.2 Å². The van der Waals surface area contributed by atoms with Crippen molar-refractivity contribution in [3.05, 3.63) is 58.8 Å². The predicted octanol–water partition coefficient (Wildman–Crippen LogP) is 5.36. The number of ketones is 1. The van der Waals surface area contributed by atoms with Crippen molar-refractivity contribution >= 4 is 32.5 Å². The van der Waals surface area contributed by atoms with Crippen molar-refractivity contribution in [3.8, 4) is 0 Å². The molecule has 0 aliphatic heterocycles. The minimum atomic E-state index is -3.75. The Bertz CT molecular complexity index is 1210. The molecule has 152 valence electrons. The Labute approximate surface area is 171 Å². The Hall–Kier alpha value is -2.60. The first kappa shape index (κ1) is 19.7. The van der Waals surface area contributed by atoms with Crippen molar-refractivity contribution in [1.82, 2.24) is 0 Å². The van der Waals surface area contributed by atoms with Crippen LogP contribution in [0.15, 0.2) is 45.7 Å². The Balaban J connectivity index is 1.72. The van der Waals surface area contributed by atoms with Crippen molar-refractivity contribution in [1.29, 1.82) is 0 Å². The number of carbonyl (C=O) groups is 1. The normalized spacial score (nSPS) is 14.8. The molecule has 2 aromatic carbocycles. The van der Waals surface area contributed by atoms with Gasteiger partial charge in [-0.1, -0.05) is 32.9 Å². The SMILES string of the molecule is Cc1cc2oc3c(c2cc1NS(=O)(=O)c1ccc(C(C)(C)C)cc1)C(=O)CCC3. The van der Waals surface area contributed by atoms with Gasteiger partial charge in [0.2, 0.25) is 0 Å². The van der Waals surface area contributed by atoms with Crippen LogP contribution in [-0.2, 0) is 21.9 Å². The minimum Gasteiger partial charge on any atom is -0.460 e. The van der Waals surface area contributed by atoms with E-state index in [0.29, 0.717) is 34.4 Å². The van der Waals surface area contributed by atoms with Crippen molar-refractivity contribution < 1.29 is 17.6 Å². The molecule has 0 saturated heterocycles. The first-order valence-corrected chi connectivity index (χ1v) is 11.3. The van der Waals surface area contributed by atoms with E-state index >= 15 is 0 Å². The summed E-state index contributed by atoms with van der Waals surface area (Å²) in [6, 6.07) is 10.4. The molecule has 0 fully saturated rings. The molecule has 1 N–H and O–H groups in total. The topological polar surface area (TPSA) is 76.4 Å². The molecular weight excluding hydrogens is 386 g/mol. The third-order valence-electron chi connectivity index (χ3n) is 5.47. The molecule has 0 bridgehead atoms. The molecule has 0 atom stereocenters. The Morgan fingerprint density at radius 3 is 2.38 bits per heavy atom. The molecule has 1 aromatic heterocycles. The van der Waals surface area contributed by atoms with E-state index < -0.39 is 10.0 Å². The van der Waals surface area contributed by atoms with Gasteiger partial charge in [-0.05, 0) is 54.2 Å². The Kier molecular flexibility index (Phi) is 4.57. The largest absolute Gasteiger partial charge is 0.460 e. The van der Waals surface area contributed by atoms with Crippen LogP contribution >= 0.6 is 0 Å². The lowest BCUT2D eigenvalue weighted by Crippen LogP contribution is -2.15.